The molecule has 0 unspecified atom stereocenters. The van der Waals surface area contributed by atoms with Crippen molar-refractivity contribution >= 4 is 12.0 Å². The number of nitro groups is 1. The first-order chi connectivity index (χ1) is 9.60. The Balaban J connectivity index is 2.19. The van der Waals surface area contributed by atoms with E-state index in [-0.39, 0.29) is 23.6 Å². The number of aldehydes is 1. The van der Waals surface area contributed by atoms with Crippen LogP contribution in [0.3, 0.4) is 0 Å². The molecule has 6 heteroatoms. The Morgan fingerprint density at radius 3 is 2.70 bits per heavy atom. The van der Waals surface area contributed by atoms with Crippen LogP contribution in [0.15, 0.2) is 42.5 Å². The van der Waals surface area contributed by atoms with Gasteiger partial charge in [0.2, 0.25) is 0 Å². The van der Waals surface area contributed by atoms with Crippen LogP contribution in [-0.2, 0) is 6.61 Å². The minimum Gasteiger partial charge on any atom is -0.489 e. The lowest BCUT2D eigenvalue weighted by molar-refractivity contribution is -0.385. The van der Waals surface area contributed by atoms with E-state index in [2.05, 4.69) is 0 Å². The van der Waals surface area contributed by atoms with E-state index in [9.17, 15) is 19.3 Å². The second-order valence-electron chi connectivity index (χ2n) is 4.01. The van der Waals surface area contributed by atoms with E-state index >= 15 is 0 Å². The molecular formula is C14H10FNO4. The van der Waals surface area contributed by atoms with Gasteiger partial charge in [0.15, 0.2) is 0 Å². The second kappa shape index (κ2) is 5.92. The highest BCUT2D eigenvalue weighted by Gasteiger charge is 2.13. The fraction of sp³-hybridized carbons (Fsp3) is 0.0714. The average Bonchev–Trinajstić information content (AvgIpc) is 2.44. The third kappa shape index (κ3) is 3.17. The highest BCUT2D eigenvalue weighted by Crippen LogP contribution is 2.21. The highest BCUT2D eigenvalue weighted by atomic mass is 19.1. The van der Waals surface area contributed by atoms with Crippen molar-refractivity contribution in [3.63, 3.8) is 0 Å². The summed E-state index contributed by atoms with van der Waals surface area (Å²) in [7, 11) is 0. The maximum absolute atomic E-state index is 13.2. The number of nitrogens with zero attached hydrogens (tertiary/aromatic N) is 1. The summed E-state index contributed by atoms with van der Waals surface area (Å²) in [5.74, 6) is -0.461. The Morgan fingerprint density at radius 2 is 2.00 bits per heavy atom. The van der Waals surface area contributed by atoms with Gasteiger partial charge in [-0.05, 0) is 18.2 Å². The van der Waals surface area contributed by atoms with Crippen LogP contribution in [0.25, 0.3) is 0 Å². The second-order valence-corrected chi connectivity index (χ2v) is 4.01. The largest absolute Gasteiger partial charge is 0.489 e. The van der Waals surface area contributed by atoms with E-state index in [1.807, 2.05) is 0 Å². The minimum absolute atomic E-state index is 0.0699. The first-order valence-electron chi connectivity index (χ1n) is 5.71. The maximum atomic E-state index is 13.2. The smallest absolute Gasteiger partial charge is 0.276 e. The number of halogens is 1. The molecule has 0 aromatic heterocycles. The zero-order chi connectivity index (χ0) is 14.5. The summed E-state index contributed by atoms with van der Waals surface area (Å²) in [5.41, 5.74) is 0.441. The van der Waals surface area contributed by atoms with E-state index in [0.29, 0.717) is 11.8 Å². The molecule has 0 saturated carbocycles. The van der Waals surface area contributed by atoms with Crippen LogP contribution in [0.4, 0.5) is 10.1 Å². The van der Waals surface area contributed by atoms with Gasteiger partial charge >= 0.3 is 0 Å². The van der Waals surface area contributed by atoms with Crippen LogP contribution in [0.1, 0.15) is 15.9 Å². The normalized spacial score (nSPS) is 10.1. The molecule has 102 valence electrons. The van der Waals surface area contributed by atoms with Crippen LogP contribution < -0.4 is 4.74 Å². The number of nitro benzene ring substituents is 1. The minimum atomic E-state index is -0.604. The first-order valence-corrected chi connectivity index (χ1v) is 5.71. The predicted molar refractivity (Wildman–Crippen MR) is 69.2 cm³/mol. The topological polar surface area (TPSA) is 69.4 Å². The molecule has 2 aromatic rings. The fourth-order valence-corrected chi connectivity index (χ4v) is 1.71. The molecule has 0 bridgehead atoms. The molecule has 0 atom stereocenters. The number of carbonyl (C=O) groups excluding carboxylic acids is 1. The Hall–Kier alpha value is -2.76. The number of carbonyl (C=O) groups is 1. The number of rotatable bonds is 5. The molecule has 0 aliphatic heterocycles. The standard InChI is InChI=1S/C14H10FNO4/c15-12-5-10(8-17)6-13(7-12)20-9-11-3-1-2-4-14(11)16(18)19/h1-8H,9H2. The monoisotopic (exact) mass is 275 g/mol. The third-order valence-corrected chi connectivity index (χ3v) is 2.61. The van der Waals surface area contributed by atoms with Gasteiger partial charge in [0.1, 0.15) is 24.5 Å². The summed E-state index contributed by atoms with van der Waals surface area (Å²) < 4.78 is 18.5. The molecule has 5 nitrogen and oxygen atoms in total. The lowest BCUT2D eigenvalue weighted by Gasteiger charge is -2.07. The quantitative estimate of drug-likeness (QED) is 0.477. The van der Waals surface area contributed by atoms with Gasteiger partial charge in [-0.2, -0.15) is 0 Å². The van der Waals surface area contributed by atoms with Gasteiger partial charge in [0, 0.05) is 17.7 Å². The molecule has 2 aromatic carbocycles. The number of hydrogen-bond donors (Lipinski definition) is 0. The summed E-state index contributed by atoms with van der Waals surface area (Å²) in [6, 6.07) is 9.67. The molecule has 2 rings (SSSR count). The molecule has 0 N–H and O–H groups in total. The van der Waals surface area contributed by atoms with Crippen molar-refractivity contribution in [3.05, 3.63) is 69.5 Å². The number of para-hydroxylation sites is 1. The molecule has 0 fully saturated rings. The molecule has 0 radical (unpaired) electrons. The van der Waals surface area contributed by atoms with Gasteiger partial charge < -0.3 is 4.74 Å². The molecule has 0 saturated heterocycles. The molecule has 0 spiro atoms. The Morgan fingerprint density at radius 1 is 1.25 bits per heavy atom. The van der Waals surface area contributed by atoms with Crippen molar-refractivity contribution in [3.8, 4) is 5.75 Å². The van der Waals surface area contributed by atoms with Crippen molar-refractivity contribution in [2.24, 2.45) is 0 Å². The van der Waals surface area contributed by atoms with Crippen LogP contribution in [0.2, 0.25) is 0 Å². The molecule has 0 heterocycles. The van der Waals surface area contributed by atoms with E-state index in [1.54, 1.807) is 18.2 Å². The van der Waals surface area contributed by atoms with Crippen LogP contribution in [-0.4, -0.2) is 11.2 Å². The van der Waals surface area contributed by atoms with Gasteiger partial charge in [-0.3, -0.25) is 14.9 Å². The number of ether oxygens (including phenoxy) is 1. The van der Waals surface area contributed by atoms with Gasteiger partial charge in [-0.25, -0.2) is 4.39 Å². The number of benzene rings is 2. The van der Waals surface area contributed by atoms with Gasteiger partial charge in [0.25, 0.3) is 5.69 Å². The summed E-state index contributed by atoms with van der Waals surface area (Å²) in [5, 5.41) is 10.8. The van der Waals surface area contributed by atoms with Crippen LogP contribution in [0.5, 0.6) is 5.75 Å². The summed E-state index contributed by atoms with van der Waals surface area (Å²) in [6.45, 7) is -0.0844. The predicted octanol–water partition coefficient (Wildman–Crippen LogP) is 3.13. The van der Waals surface area contributed by atoms with Crippen LogP contribution in [0, 0.1) is 15.9 Å². The van der Waals surface area contributed by atoms with Crippen LogP contribution >= 0.6 is 0 Å². The summed E-state index contributed by atoms with van der Waals surface area (Å²) in [6.07, 6.45) is 0.501. The average molecular weight is 275 g/mol. The maximum Gasteiger partial charge on any atom is 0.276 e. The highest BCUT2D eigenvalue weighted by molar-refractivity contribution is 5.75. The zero-order valence-electron chi connectivity index (χ0n) is 10.3. The molecule has 0 amide bonds. The SMILES string of the molecule is O=Cc1cc(F)cc(OCc2ccccc2[N+](=O)[O-])c1. The van der Waals surface area contributed by atoms with Crippen molar-refractivity contribution < 1.29 is 18.8 Å². The van der Waals surface area contributed by atoms with Gasteiger partial charge in [0.05, 0.1) is 10.5 Å². The van der Waals surface area contributed by atoms with Crippen molar-refractivity contribution in [2.45, 2.75) is 6.61 Å². The molecule has 0 aliphatic carbocycles. The van der Waals surface area contributed by atoms with E-state index in [1.165, 1.54) is 12.1 Å². The lowest BCUT2D eigenvalue weighted by atomic mass is 10.2. The zero-order valence-corrected chi connectivity index (χ0v) is 10.3. The van der Waals surface area contributed by atoms with E-state index in [4.69, 9.17) is 4.74 Å². The van der Waals surface area contributed by atoms with Crippen molar-refractivity contribution in [2.75, 3.05) is 0 Å². The molecule has 0 aliphatic rings. The first kappa shape index (κ1) is 13.7. The Kier molecular flexibility index (Phi) is 4.05. The molecular weight excluding hydrogens is 265 g/mol. The Labute approximate surface area is 113 Å². The van der Waals surface area contributed by atoms with Gasteiger partial charge in [-0.15, -0.1) is 0 Å². The third-order valence-electron chi connectivity index (χ3n) is 2.61. The molecule has 20 heavy (non-hydrogen) atoms. The Bertz CT molecular complexity index is 657. The fourth-order valence-electron chi connectivity index (χ4n) is 1.71. The lowest BCUT2D eigenvalue weighted by Crippen LogP contribution is -2.01. The van der Waals surface area contributed by atoms with Crippen molar-refractivity contribution in [1.29, 1.82) is 0 Å². The summed E-state index contributed by atoms with van der Waals surface area (Å²) >= 11 is 0. The summed E-state index contributed by atoms with van der Waals surface area (Å²) in [4.78, 5) is 20.9. The van der Waals surface area contributed by atoms with Crippen molar-refractivity contribution in [1.82, 2.24) is 0 Å². The van der Waals surface area contributed by atoms with E-state index in [0.717, 1.165) is 12.1 Å². The van der Waals surface area contributed by atoms with E-state index < -0.39 is 10.7 Å². The van der Waals surface area contributed by atoms with Gasteiger partial charge in [-0.1, -0.05) is 12.1 Å². The number of hydrogen-bond acceptors (Lipinski definition) is 4.